The molecule has 3 rings (SSSR count). The van der Waals surface area contributed by atoms with E-state index in [1.165, 1.54) is 11.3 Å². The van der Waals surface area contributed by atoms with E-state index in [-0.39, 0.29) is 11.3 Å². The highest BCUT2D eigenvalue weighted by molar-refractivity contribution is 7.15. The quantitative estimate of drug-likeness (QED) is 0.807. The van der Waals surface area contributed by atoms with Gasteiger partial charge in [0.05, 0.1) is 17.9 Å². The molecule has 0 radical (unpaired) electrons. The number of aromatic amines is 1. The molecule has 0 spiro atoms. The summed E-state index contributed by atoms with van der Waals surface area (Å²) in [6, 6.07) is 2.01. The van der Waals surface area contributed by atoms with E-state index in [1.54, 1.807) is 18.1 Å². The molecule has 3 aromatic heterocycles. The van der Waals surface area contributed by atoms with Crippen molar-refractivity contribution in [2.24, 2.45) is 0 Å². The van der Waals surface area contributed by atoms with Gasteiger partial charge < -0.3 is 4.90 Å². The van der Waals surface area contributed by atoms with E-state index in [2.05, 4.69) is 36.0 Å². The maximum Gasteiger partial charge on any atom is 0.274 e. The average Bonchev–Trinajstić information content (AvgIpc) is 3.10. The van der Waals surface area contributed by atoms with Gasteiger partial charge in [-0.2, -0.15) is 5.10 Å². The normalized spacial score (nSPS) is 12.0. The Morgan fingerprint density at radius 3 is 2.86 bits per heavy atom. The average molecular weight is 317 g/mol. The summed E-state index contributed by atoms with van der Waals surface area (Å²) in [6.07, 6.45) is 3.66. The highest BCUT2D eigenvalue weighted by Crippen LogP contribution is 2.21. The number of amides is 1. The number of thiazole rings is 1. The first-order valence-corrected chi connectivity index (χ1v) is 7.95. The van der Waals surface area contributed by atoms with Crippen LogP contribution in [-0.4, -0.2) is 37.4 Å². The van der Waals surface area contributed by atoms with Gasteiger partial charge in [0.1, 0.15) is 5.69 Å². The molecule has 3 heterocycles. The molecule has 0 aromatic carbocycles. The number of rotatable bonds is 3. The molecule has 0 fully saturated rings. The van der Waals surface area contributed by atoms with Crippen molar-refractivity contribution in [3.8, 4) is 0 Å². The molecule has 0 saturated carbocycles. The van der Waals surface area contributed by atoms with E-state index in [9.17, 15) is 4.79 Å². The lowest BCUT2D eigenvalue weighted by atomic mass is 9.92. The number of carbonyl (C=O) groups is 1. The number of carbonyl (C=O) groups excluding carboxylic acids is 1. The largest absolute Gasteiger partial charge is 0.334 e. The van der Waals surface area contributed by atoms with Crippen LogP contribution < -0.4 is 0 Å². The SMILES string of the molecule is CN(Cc1cc(C(C)(C)C)n[nH]1)C(=O)c1cn2ccsc2n1. The molecule has 1 amide bonds. The van der Waals surface area contributed by atoms with Crippen LogP contribution in [0.2, 0.25) is 0 Å². The lowest BCUT2D eigenvalue weighted by molar-refractivity contribution is 0.0778. The fourth-order valence-corrected chi connectivity index (χ4v) is 2.88. The molecule has 0 aliphatic heterocycles. The van der Waals surface area contributed by atoms with E-state index in [0.29, 0.717) is 12.2 Å². The summed E-state index contributed by atoms with van der Waals surface area (Å²) in [5, 5.41) is 9.27. The maximum atomic E-state index is 12.4. The van der Waals surface area contributed by atoms with Crippen molar-refractivity contribution < 1.29 is 4.79 Å². The molecule has 7 heteroatoms. The van der Waals surface area contributed by atoms with Crippen LogP contribution in [0.3, 0.4) is 0 Å². The predicted molar refractivity (Wildman–Crippen MR) is 86.2 cm³/mol. The summed E-state index contributed by atoms with van der Waals surface area (Å²) in [5.41, 5.74) is 2.36. The Hall–Kier alpha value is -2.15. The number of nitrogens with one attached hydrogen (secondary N) is 1. The number of hydrogen-bond acceptors (Lipinski definition) is 4. The summed E-state index contributed by atoms with van der Waals surface area (Å²) in [6.45, 7) is 6.81. The first-order chi connectivity index (χ1) is 10.3. The van der Waals surface area contributed by atoms with Crippen LogP contribution in [0.5, 0.6) is 0 Å². The number of hydrogen-bond donors (Lipinski definition) is 1. The van der Waals surface area contributed by atoms with Gasteiger partial charge in [0.2, 0.25) is 0 Å². The van der Waals surface area contributed by atoms with Gasteiger partial charge in [-0.1, -0.05) is 20.8 Å². The fourth-order valence-electron chi connectivity index (χ4n) is 2.18. The van der Waals surface area contributed by atoms with E-state index in [0.717, 1.165) is 16.3 Å². The lowest BCUT2D eigenvalue weighted by Crippen LogP contribution is -2.26. The number of fused-ring (bicyclic) bond motifs is 1. The highest BCUT2D eigenvalue weighted by atomic mass is 32.1. The molecule has 0 aliphatic rings. The zero-order valence-corrected chi connectivity index (χ0v) is 13.9. The summed E-state index contributed by atoms with van der Waals surface area (Å²) in [4.78, 5) is 19.3. The molecule has 0 saturated heterocycles. The second kappa shape index (κ2) is 5.24. The molecule has 0 atom stereocenters. The van der Waals surface area contributed by atoms with Crippen molar-refractivity contribution in [3.05, 3.63) is 40.9 Å². The Morgan fingerprint density at radius 2 is 2.23 bits per heavy atom. The number of aromatic nitrogens is 4. The minimum Gasteiger partial charge on any atom is -0.334 e. The Bertz CT molecular complexity index is 779. The number of H-pyrrole nitrogens is 1. The van der Waals surface area contributed by atoms with Crippen LogP contribution in [0.4, 0.5) is 0 Å². The molecular weight excluding hydrogens is 298 g/mol. The molecule has 0 unspecified atom stereocenters. The monoisotopic (exact) mass is 317 g/mol. The Morgan fingerprint density at radius 1 is 1.45 bits per heavy atom. The Kier molecular flexibility index (Phi) is 3.52. The van der Waals surface area contributed by atoms with Crippen LogP contribution in [0, 0.1) is 0 Å². The molecule has 6 nitrogen and oxygen atoms in total. The predicted octanol–water partition coefficient (Wildman–Crippen LogP) is 2.69. The second-order valence-electron chi connectivity index (χ2n) is 6.41. The molecule has 22 heavy (non-hydrogen) atoms. The zero-order chi connectivity index (χ0) is 15.9. The minimum absolute atomic E-state index is 0.00837. The summed E-state index contributed by atoms with van der Waals surface area (Å²) >= 11 is 1.51. The van der Waals surface area contributed by atoms with E-state index in [1.807, 2.05) is 22.0 Å². The summed E-state index contributed by atoms with van der Waals surface area (Å²) in [5.74, 6) is -0.0946. The fraction of sp³-hybridized carbons (Fsp3) is 0.400. The van der Waals surface area contributed by atoms with E-state index in [4.69, 9.17) is 0 Å². The third-order valence-corrected chi connectivity index (χ3v) is 4.24. The van der Waals surface area contributed by atoms with E-state index >= 15 is 0 Å². The van der Waals surface area contributed by atoms with Crippen LogP contribution in [0.15, 0.2) is 23.8 Å². The molecule has 1 N–H and O–H groups in total. The van der Waals surface area contributed by atoms with E-state index < -0.39 is 0 Å². The van der Waals surface area contributed by atoms with Crippen molar-refractivity contribution in [2.75, 3.05) is 7.05 Å². The number of imidazole rings is 1. The van der Waals surface area contributed by atoms with Crippen LogP contribution in [0.25, 0.3) is 4.96 Å². The van der Waals surface area contributed by atoms with Crippen LogP contribution >= 0.6 is 11.3 Å². The summed E-state index contributed by atoms with van der Waals surface area (Å²) < 4.78 is 1.86. The van der Waals surface area contributed by atoms with Crippen LogP contribution in [0.1, 0.15) is 42.6 Å². The molecular formula is C15H19N5OS. The molecule has 0 aliphatic carbocycles. The minimum atomic E-state index is -0.0946. The highest BCUT2D eigenvalue weighted by Gasteiger charge is 2.20. The zero-order valence-electron chi connectivity index (χ0n) is 13.1. The third kappa shape index (κ3) is 2.76. The van der Waals surface area contributed by atoms with Gasteiger partial charge >= 0.3 is 0 Å². The lowest BCUT2D eigenvalue weighted by Gasteiger charge is -2.15. The molecule has 3 aromatic rings. The van der Waals surface area contributed by atoms with Crippen molar-refractivity contribution >= 4 is 22.2 Å². The van der Waals surface area contributed by atoms with Crippen molar-refractivity contribution in [2.45, 2.75) is 32.7 Å². The number of nitrogens with zero attached hydrogens (tertiary/aromatic N) is 4. The standard InChI is InChI=1S/C15H19N5OS/c1-15(2,3)12-7-10(17-18-12)8-19(4)13(21)11-9-20-5-6-22-14(20)16-11/h5-7,9H,8H2,1-4H3,(H,17,18). The van der Waals surface area contributed by atoms with Gasteiger partial charge in [0.25, 0.3) is 5.91 Å². The van der Waals surface area contributed by atoms with Gasteiger partial charge in [-0.25, -0.2) is 4.98 Å². The summed E-state index contributed by atoms with van der Waals surface area (Å²) in [7, 11) is 1.77. The van der Waals surface area contributed by atoms with Gasteiger partial charge in [-0.15, -0.1) is 11.3 Å². The Labute approximate surface area is 132 Å². The first kappa shape index (κ1) is 14.8. The van der Waals surface area contributed by atoms with Gasteiger partial charge in [-0.3, -0.25) is 14.3 Å². The smallest absolute Gasteiger partial charge is 0.274 e. The van der Waals surface area contributed by atoms with Gasteiger partial charge in [0, 0.05) is 30.2 Å². The van der Waals surface area contributed by atoms with Gasteiger partial charge in [-0.05, 0) is 6.07 Å². The Balaban J connectivity index is 1.73. The van der Waals surface area contributed by atoms with Gasteiger partial charge in [0.15, 0.2) is 4.96 Å². The molecule has 0 bridgehead atoms. The van der Waals surface area contributed by atoms with Crippen molar-refractivity contribution in [3.63, 3.8) is 0 Å². The topological polar surface area (TPSA) is 66.3 Å². The van der Waals surface area contributed by atoms with Crippen LogP contribution in [-0.2, 0) is 12.0 Å². The van der Waals surface area contributed by atoms with Crippen molar-refractivity contribution in [1.82, 2.24) is 24.5 Å². The molecule has 116 valence electrons. The maximum absolute atomic E-state index is 12.4. The third-order valence-electron chi connectivity index (χ3n) is 3.47. The first-order valence-electron chi connectivity index (χ1n) is 7.07. The second-order valence-corrected chi connectivity index (χ2v) is 7.28. The van der Waals surface area contributed by atoms with Crippen molar-refractivity contribution in [1.29, 1.82) is 0 Å².